The van der Waals surface area contributed by atoms with E-state index >= 15 is 0 Å². The summed E-state index contributed by atoms with van der Waals surface area (Å²) < 4.78 is 44.9. The molecule has 40 heavy (non-hydrogen) atoms. The zero-order chi connectivity index (χ0) is 27.7. The summed E-state index contributed by atoms with van der Waals surface area (Å²) in [5.41, 5.74) is -0.266. The molecule has 7 rings (SSSR count). The molecule has 1 saturated heterocycles. The van der Waals surface area contributed by atoms with Crippen molar-refractivity contribution in [3.8, 4) is 16.9 Å². The average molecular weight is 585 g/mol. The minimum absolute atomic E-state index is 0.00220. The number of sulfonamides is 1. The molecule has 3 aromatic heterocycles. The number of aromatic nitrogens is 4. The van der Waals surface area contributed by atoms with E-state index in [1.54, 1.807) is 16.7 Å². The van der Waals surface area contributed by atoms with E-state index in [1.165, 1.54) is 17.5 Å². The number of alkyl halides is 1. The Kier molecular flexibility index (Phi) is 5.92. The molecule has 0 aromatic carbocycles. The maximum absolute atomic E-state index is 13.6. The number of imidazole rings is 1. The summed E-state index contributed by atoms with van der Waals surface area (Å²) in [5.74, 6) is 0.770. The molecule has 1 aliphatic heterocycles. The third-order valence-electron chi connectivity index (χ3n) is 8.74. The SMILES string of the molecule is N#CC1(c2nnc(-c3ncc4c(N5CCN(C(=O)C6CCC6)CC5)cc(S(=O)(=O)NC5(CF)CC5)cn34)s2)CC1. The first-order valence-corrected chi connectivity index (χ1v) is 16.0. The van der Waals surface area contributed by atoms with E-state index in [0.29, 0.717) is 66.1 Å². The monoisotopic (exact) mass is 584 g/mol. The van der Waals surface area contributed by atoms with E-state index in [2.05, 4.69) is 30.9 Å². The Balaban J connectivity index is 1.26. The van der Waals surface area contributed by atoms with Gasteiger partial charge in [-0.1, -0.05) is 17.8 Å². The summed E-state index contributed by atoms with van der Waals surface area (Å²) in [7, 11) is -4.05. The minimum Gasteiger partial charge on any atom is -0.366 e. The molecule has 3 saturated carbocycles. The highest BCUT2D eigenvalue weighted by atomic mass is 32.2. The summed E-state index contributed by atoms with van der Waals surface area (Å²) in [6, 6.07) is 3.94. The van der Waals surface area contributed by atoms with Gasteiger partial charge in [0, 0.05) is 38.3 Å². The van der Waals surface area contributed by atoms with Gasteiger partial charge in [0.25, 0.3) is 0 Å². The Labute approximate surface area is 235 Å². The molecular weight excluding hydrogens is 555 g/mol. The lowest BCUT2D eigenvalue weighted by Crippen LogP contribution is -2.51. The lowest BCUT2D eigenvalue weighted by atomic mass is 9.84. The van der Waals surface area contributed by atoms with Gasteiger partial charge in [0.2, 0.25) is 15.9 Å². The summed E-state index contributed by atoms with van der Waals surface area (Å²) in [4.78, 5) is 21.4. The lowest BCUT2D eigenvalue weighted by molar-refractivity contribution is -0.138. The third kappa shape index (κ3) is 4.26. The first kappa shape index (κ1) is 25.8. The fourth-order valence-electron chi connectivity index (χ4n) is 5.46. The second-order valence-electron chi connectivity index (χ2n) is 11.5. The number of pyridine rings is 1. The van der Waals surface area contributed by atoms with Crippen molar-refractivity contribution in [3.63, 3.8) is 0 Å². The Bertz CT molecular complexity index is 1640. The number of carbonyl (C=O) groups is 1. The van der Waals surface area contributed by atoms with Crippen LogP contribution >= 0.6 is 11.3 Å². The normalized spacial score (nSPS) is 21.7. The van der Waals surface area contributed by atoms with Crippen LogP contribution in [0.4, 0.5) is 10.1 Å². The van der Waals surface area contributed by atoms with Crippen LogP contribution in [-0.4, -0.2) is 77.2 Å². The summed E-state index contributed by atoms with van der Waals surface area (Å²) in [6.07, 6.45) is 8.58. The largest absolute Gasteiger partial charge is 0.366 e. The highest BCUT2D eigenvalue weighted by molar-refractivity contribution is 7.89. The van der Waals surface area contributed by atoms with Crippen LogP contribution < -0.4 is 9.62 Å². The van der Waals surface area contributed by atoms with E-state index in [9.17, 15) is 22.9 Å². The highest BCUT2D eigenvalue weighted by Gasteiger charge is 2.49. The van der Waals surface area contributed by atoms with Crippen LogP contribution in [0, 0.1) is 17.2 Å². The average Bonchev–Trinajstić information content (AvgIpc) is 3.79. The van der Waals surface area contributed by atoms with E-state index in [0.717, 1.165) is 32.1 Å². The lowest BCUT2D eigenvalue weighted by Gasteiger charge is -2.39. The molecular formula is C26H29FN8O3S2. The van der Waals surface area contributed by atoms with Crippen molar-refractivity contribution in [2.75, 3.05) is 37.8 Å². The first-order valence-electron chi connectivity index (χ1n) is 13.7. The molecule has 1 amide bonds. The molecule has 1 N–H and O–H groups in total. The maximum atomic E-state index is 13.6. The molecule has 0 atom stereocenters. The van der Waals surface area contributed by atoms with Gasteiger partial charge in [0.05, 0.1) is 29.0 Å². The molecule has 0 unspecified atom stereocenters. The molecule has 14 heteroatoms. The van der Waals surface area contributed by atoms with Crippen molar-refractivity contribution in [2.45, 2.75) is 60.8 Å². The highest BCUT2D eigenvalue weighted by Crippen LogP contribution is 2.49. The molecule has 4 aliphatic rings. The Morgan fingerprint density at radius 3 is 2.52 bits per heavy atom. The Morgan fingerprint density at radius 2 is 1.93 bits per heavy atom. The van der Waals surface area contributed by atoms with Gasteiger partial charge in [-0.25, -0.2) is 22.5 Å². The minimum atomic E-state index is -4.05. The number of fused-ring (bicyclic) bond motifs is 1. The van der Waals surface area contributed by atoms with E-state index in [4.69, 9.17) is 0 Å². The Morgan fingerprint density at radius 1 is 1.18 bits per heavy atom. The van der Waals surface area contributed by atoms with Gasteiger partial charge < -0.3 is 9.80 Å². The fraction of sp³-hybridized carbons (Fsp3) is 0.577. The van der Waals surface area contributed by atoms with Crippen molar-refractivity contribution in [3.05, 3.63) is 23.5 Å². The maximum Gasteiger partial charge on any atom is 0.242 e. The van der Waals surface area contributed by atoms with Crippen LogP contribution in [-0.2, 0) is 20.2 Å². The molecule has 0 bridgehead atoms. The van der Waals surface area contributed by atoms with Crippen LogP contribution in [0.15, 0.2) is 23.4 Å². The van der Waals surface area contributed by atoms with Gasteiger partial charge in [-0.3, -0.25) is 9.20 Å². The first-order chi connectivity index (χ1) is 19.3. The molecule has 3 aromatic rings. The number of nitriles is 1. The Hall–Kier alpha value is -3.15. The fourth-order valence-corrected chi connectivity index (χ4v) is 7.95. The van der Waals surface area contributed by atoms with E-state index < -0.39 is 27.7 Å². The third-order valence-corrected chi connectivity index (χ3v) is 11.4. The number of amides is 1. The molecule has 3 aliphatic carbocycles. The zero-order valence-electron chi connectivity index (χ0n) is 21.8. The predicted octanol–water partition coefficient (Wildman–Crippen LogP) is 2.64. The topological polar surface area (TPSA) is 137 Å². The number of halogens is 1. The molecule has 11 nitrogen and oxygen atoms in total. The molecule has 4 fully saturated rings. The number of piperazine rings is 1. The van der Waals surface area contributed by atoms with Crippen LogP contribution in [0.2, 0.25) is 0 Å². The molecule has 0 spiro atoms. The quantitative estimate of drug-likeness (QED) is 0.427. The van der Waals surface area contributed by atoms with Gasteiger partial charge in [-0.05, 0) is 44.6 Å². The standard InChI is InChI=1S/C26H29FN8O3S2/c27-15-26(6-7-26)32-40(37,38)18-12-19(33-8-10-34(11-9-33)23(36)17-2-1-3-17)20-13-29-21(35(20)14-18)22-30-31-24(39-22)25(16-28)4-5-25/h12-14,17,32H,1-11,15H2. The predicted molar refractivity (Wildman–Crippen MR) is 145 cm³/mol. The number of hydrogen-bond donors (Lipinski definition) is 1. The molecule has 210 valence electrons. The number of nitrogens with zero attached hydrogens (tertiary/aromatic N) is 7. The number of hydrogen-bond acceptors (Lipinski definition) is 9. The smallest absolute Gasteiger partial charge is 0.242 e. The van der Waals surface area contributed by atoms with E-state index in [1.807, 2.05) is 4.90 Å². The molecule has 0 radical (unpaired) electrons. The van der Waals surface area contributed by atoms with Crippen LogP contribution in [0.25, 0.3) is 16.3 Å². The summed E-state index contributed by atoms with van der Waals surface area (Å²) >= 11 is 1.29. The molecule has 4 heterocycles. The van der Waals surface area contributed by atoms with Crippen molar-refractivity contribution < 1.29 is 17.6 Å². The van der Waals surface area contributed by atoms with Crippen LogP contribution in [0.1, 0.15) is 50.0 Å². The van der Waals surface area contributed by atoms with Gasteiger partial charge in [0.15, 0.2) is 10.8 Å². The summed E-state index contributed by atoms with van der Waals surface area (Å²) in [5, 5.41) is 19.3. The van der Waals surface area contributed by atoms with Crippen molar-refractivity contribution in [1.29, 1.82) is 5.26 Å². The second kappa shape index (κ2) is 9.19. The zero-order valence-corrected chi connectivity index (χ0v) is 23.5. The van der Waals surface area contributed by atoms with Gasteiger partial charge in [-0.2, -0.15) is 5.26 Å². The summed E-state index contributed by atoms with van der Waals surface area (Å²) in [6.45, 7) is 1.45. The number of nitrogens with one attached hydrogen (secondary N) is 1. The van der Waals surface area contributed by atoms with Crippen molar-refractivity contribution >= 4 is 38.5 Å². The van der Waals surface area contributed by atoms with Crippen LogP contribution in [0.5, 0.6) is 0 Å². The van der Waals surface area contributed by atoms with Gasteiger partial charge >= 0.3 is 0 Å². The van der Waals surface area contributed by atoms with Gasteiger partial charge in [0.1, 0.15) is 22.0 Å². The number of anilines is 1. The van der Waals surface area contributed by atoms with Crippen molar-refractivity contribution in [2.24, 2.45) is 5.92 Å². The van der Waals surface area contributed by atoms with E-state index in [-0.39, 0.29) is 16.7 Å². The number of carbonyl (C=O) groups excluding carboxylic acids is 1. The van der Waals surface area contributed by atoms with Crippen molar-refractivity contribution in [1.82, 2.24) is 29.2 Å². The second-order valence-corrected chi connectivity index (χ2v) is 14.1. The number of rotatable bonds is 8. The van der Waals surface area contributed by atoms with Gasteiger partial charge in [-0.15, -0.1) is 10.2 Å². The van der Waals surface area contributed by atoms with Crippen LogP contribution in [0.3, 0.4) is 0 Å².